The van der Waals surface area contributed by atoms with Crippen molar-refractivity contribution >= 4 is 24.1 Å². The van der Waals surface area contributed by atoms with Crippen molar-refractivity contribution in [2.45, 2.75) is 13.8 Å². The van der Waals surface area contributed by atoms with Crippen molar-refractivity contribution in [3.05, 3.63) is 47.5 Å². The maximum absolute atomic E-state index is 11.3. The second-order valence-corrected chi connectivity index (χ2v) is 3.80. The van der Waals surface area contributed by atoms with Crippen LogP contribution >= 0.6 is 0 Å². The lowest BCUT2D eigenvalue weighted by atomic mass is 10.1. The minimum absolute atomic E-state index is 0.341. The highest BCUT2D eigenvalue weighted by Gasteiger charge is 1.99. The Bertz CT molecular complexity index is 468. The van der Waals surface area contributed by atoms with Crippen molar-refractivity contribution in [2.75, 3.05) is 13.2 Å². The van der Waals surface area contributed by atoms with Gasteiger partial charge in [0.2, 0.25) is 0 Å². The van der Waals surface area contributed by atoms with Crippen molar-refractivity contribution in [3.8, 4) is 0 Å². The highest BCUT2D eigenvalue weighted by Crippen LogP contribution is 2.13. The standard InChI is InChI=1S/C16H18O4/c1-3-19-15(17)11-9-13-7-5-6-8-14(13)10-12-16(18)20-4-2/h5-12H,3-4H2,1-2H3. The number of hydrogen-bond acceptors (Lipinski definition) is 4. The third-order valence-electron chi connectivity index (χ3n) is 2.37. The SMILES string of the molecule is CCOC(=O)C=Cc1ccccc1C=CC(=O)OCC. The first-order valence-corrected chi connectivity index (χ1v) is 6.46. The summed E-state index contributed by atoms with van der Waals surface area (Å²) < 4.78 is 9.63. The van der Waals surface area contributed by atoms with E-state index >= 15 is 0 Å². The molecule has 4 heteroatoms. The van der Waals surface area contributed by atoms with Crippen molar-refractivity contribution < 1.29 is 19.1 Å². The Morgan fingerprint density at radius 1 is 0.900 bits per heavy atom. The highest BCUT2D eigenvalue weighted by molar-refractivity contribution is 5.90. The molecule has 0 spiro atoms. The van der Waals surface area contributed by atoms with E-state index in [1.165, 1.54) is 12.2 Å². The molecule has 20 heavy (non-hydrogen) atoms. The zero-order valence-electron chi connectivity index (χ0n) is 11.7. The van der Waals surface area contributed by atoms with E-state index in [2.05, 4.69) is 0 Å². The van der Waals surface area contributed by atoms with Crippen LogP contribution in [0.3, 0.4) is 0 Å². The first kappa shape index (κ1) is 15.7. The van der Waals surface area contributed by atoms with E-state index in [1.54, 1.807) is 26.0 Å². The normalized spacial score (nSPS) is 10.9. The first-order valence-electron chi connectivity index (χ1n) is 6.46. The van der Waals surface area contributed by atoms with Gasteiger partial charge in [-0.15, -0.1) is 0 Å². The van der Waals surface area contributed by atoms with Gasteiger partial charge in [0, 0.05) is 12.2 Å². The van der Waals surface area contributed by atoms with E-state index in [0.717, 1.165) is 11.1 Å². The largest absolute Gasteiger partial charge is 0.463 e. The maximum atomic E-state index is 11.3. The fourth-order valence-corrected chi connectivity index (χ4v) is 1.51. The van der Waals surface area contributed by atoms with Gasteiger partial charge in [0.1, 0.15) is 0 Å². The zero-order chi connectivity index (χ0) is 14.8. The molecule has 0 fully saturated rings. The number of hydrogen-bond donors (Lipinski definition) is 0. The lowest BCUT2D eigenvalue weighted by molar-refractivity contribution is -0.138. The third kappa shape index (κ3) is 5.52. The van der Waals surface area contributed by atoms with E-state index in [4.69, 9.17) is 9.47 Å². The van der Waals surface area contributed by atoms with Crippen LogP contribution in [0.15, 0.2) is 36.4 Å². The molecule has 0 amide bonds. The van der Waals surface area contributed by atoms with Gasteiger partial charge in [-0.2, -0.15) is 0 Å². The molecule has 0 unspecified atom stereocenters. The molecule has 106 valence electrons. The van der Waals surface area contributed by atoms with E-state index in [-0.39, 0.29) is 0 Å². The molecule has 0 saturated heterocycles. The van der Waals surface area contributed by atoms with Crippen LogP contribution in [0.25, 0.3) is 12.2 Å². The van der Waals surface area contributed by atoms with E-state index in [9.17, 15) is 9.59 Å². The van der Waals surface area contributed by atoms with Gasteiger partial charge >= 0.3 is 11.9 Å². The van der Waals surface area contributed by atoms with Crippen molar-refractivity contribution in [1.29, 1.82) is 0 Å². The molecule has 0 aliphatic heterocycles. The molecule has 0 aliphatic carbocycles. The number of rotatable bonds is 6. The molecule has 0 N–H and O–H groups in total. The molecule has 0 radical (unpaired) electrons. The van der Waals surface area contributed by atoms with Crippen LogP contribution in [0.5, 0.6) is 0 Å². The summed E-state index contributed by atoms with van der Waals surface area (Å²) in [6.45, 7) is 4.19. The van der Waals surface area contributed by atoms with Crippen LogP contribution in [0.4, 0.5) is 0 Å². The lowest BCUT2D eigenvalue weighted by Crippen LogP contribution is -1.99. The molecule has 4 nitrogen and oxygen atoms in total. The number of esters is 2. The Kier molecular flexibility index (Phi) is 6.82. The van der Waals surface area contributed by atoms with Crippen LogP contribution in [-0.4, -0.2) is 25.2 Å². The minimum atomic E-state index is -0.392. The summed E-state index contributed by atoms with van der Waals surface area (Å²) in [6, 6.07) is 7.40. The monoisotopic (exact) mass is 274 g/mol. The average molecular weight is 274 g/mol. The quantitative estimate of drug-likeness (QED) is 0.591. The molecule has 0 aliphatic rings. The zero-order valence-corrected chi connectivity index (χ0v) is 11.7. The summed E-state index contributed by atoms with van der Waals surface area (Å²) in [6.07, 6.45) is 6.03. The highest BCUT2D eigenvalue weighted by atomic mass is 16.5. The molecular formula is C16H18O4. The molecule has 0 aromatic heterocycles. The first-order chi connectivity index (χ1) is 9.67. The summed E-state index contributed by atoms with van der Waals surface area (Å²) in [7, 11) is 0. The van der Waals surface area contributed by atoms with Crippen molar-refractivity contribution in [2.24, 2.45) is 0 Å². The fraction of sp³-hybridized carbons (Fsp3) is 0.250. The Hall–Kier alpha value is -2.36. The van der Waals surface area contributed by atoms with Gasteiger partial charge in [0.15, 0.2) is 0 Å². The number of ether oxygens (including phenoxy) is 2. The molecule has 1 rings (SSSR count). The predicted octanol–water partition coefficient (Wildman–Crippen LogP) is 2.84. The maximum Gasteiger partial charge on any atom is 0.330 e. The summed E-state index contributed by atoms with van der Waals surface area (Å²) in [4.78, 5) is 22.6. The van der Waals surface area contributed by atoms with Crippen LogP contribution < -0.4 is 0 Å². The molecule has 0 bridgehead atoms. The molecule has 1 aromatic rings. The van der Waals surface area contributed by atoms with Gasteiger partial charge in [-0.1, -0.05) is 24.3 Å². The lowest BCUT2D eigenvalue weighted by Gasteiger charge is -2.01. The summed E-state index contributed by atoms with van der Waals surface area (Å²) in [5, 5.41) is 0. The Balaban J connectivity index is 2.83. The van der Waals surface area contributed by atoms with Gasteiger partial charge in [0.05, 0.1) is 13.2 Å². The molecule has 1 aromatic carbocycles. The predicted molar refractivity (Wildman–Crippen MR) is 77.8 cm³/mol. The van der Waals surface area contributed by atoms with Gasteiger partial charge < -0.3 is 9.47 Å². The Labute approximate surface area is 118 Å². The summed E-state index contributed by atoms with van der Waals surface area (Å²) in [5.41, 5.74) is 1.64. The second kappa shape index (κ2) is 8.69. The van der Waals surface area contributed by atoms with Gasteiger partial charge in [0.25, 0.3) is 0 Å². The van der Waals surface area contributed by atoms with Gasteiger partial charge in [-0.3, -0.25) is 0 Å². The third-order valence-corrected chi connectivity index (χ3v) is 2.37. The fourth-order valence-electron chi connectivity index (χ4n) is 1.51. The molecule has 0 atom stereocenters. The van der Waals surface area contributed by atoms with Crippen molar-refractivity contribution in [1.82, 2.24) is 0 Å². The topological polar surface area (TPSA) is 52.6 Å². The number of carbonyl (C=O) groups excluding carboxylic acids is 2. The van der Waals surface area contributed by atoms with Gasteiger partial charge in [-0.25, -0.2) is 9.59 Å². The Morgan fingerprint density at radius 3 is 1.65 bits per heavy atom. The van der Waals surface area contributed by atoms with Crippen LogP contribution in [-0.2, 0) is 19.1 Å². The van der Waals surface area contributed by atoms with Crippen molar-refractivity contribution in [3.63, 3.8) is 0 Å². The van der Waals surface area contributed by atoms with E-state index < -0.39 is 11.9 Å². The smallest absolute Gasteiger partial charge is 0.330 e. The van der Waals surface area contributed by atoms with E-state index in [1.807, 2.05) is 24.3 Å². The molecule has 0 saturated carbocycles. The van der Waals surface area contributed by atoms with Crippen LogP contribution in [0, 0.1) is 0 Å². The van der Waals surface area contributed by atoms with Crippen LogP contribution in [0.1, 0.15) is 25.0 Å². The minimum Gasteiger partial charge on any atom is -0.463 e. The van der Waals surface area contributed by atoms with E-state index in [0.29, 0.717) is 13.2 Å². The van der Waals surface area contributed by atoms with Crippen LogP contribution in [0.2, 0.25) is 0 Å². The average Bonchev–Trinajstić information content (AvgIpc) is 2.44. The number of benzene rings is 1. The summed E-state index contributed by atoms with van der Waals surface area (Å²) >= 11 is 0. The molecular weight excluding hydrogens is 256 g/mol. The van der Waals surface area contributed by atoms with Gasteiger partial charge in [-0.05, 0) is 37.1 Å². The molecule has 0 heterocycles. The number of carbonyl (C=O) groups is 2. The second-order valence-electron chi connectivity index (χ2n) is 3.80. The summed E-state index contributed by atoms with van der Waals surface area (Å²) in [5.74, 6) is -0.784. The Morgan fingerprint density at radius 2 is 1.30 bits per heavy atom.